The number of imidazole rings is 1. The van der Waals surface area contributed by atoms with Crippen LogP contribution in [0.1, 0.15) is 245 Å². The van der Waals surface area contributed by atoms with Crippen molar-refractivity contribution in [2.75, 3.05) is 72.3 Å². The molecule has 0 saturated carbocycles. The first-order valence-corrected chi connectivity index (χ1v) is 53.0. The summed E-state index contributed by atoms with van der Waals surface area (Å²) in [7, 11) is -8.06. The number of esters is 1. The van der Waals surface area contributed by atoms with Gasteiger partial charge in [0.25, 0.3) is 22.6 Å². The number of carbonyl (C=O) groups excluding carboxylic acids is 4. The lowest BCUT2D eigenvalue weighted by molar-refractivity contribution is -0.153. The van der Waals surface area contributed by atoms with Crippen molar-refractivity contribution < 1.29 is 93.2 Å². The van der Waals surface area contributed by atoms with Gasteiger partial charge in [-0.15, -0.1) is 0 Å². The van der Waals surface area contributed by atoms with Crippen LogP contribution < -0.4 is 47.6 Å². The molecule has 0 spiro atoms. The first-order valence-electron chi connectivity index (χ1n) is 47.6. The number of unbranched alkanes of at least 4 members (excludes halogenated alkanes) is 15. The number of ether oxygens (including phenoxy) is 8. The molecule has 3 N–H and O–H groups in total. The summed E-state index contributed by atoms with van der Waals surface area (Å²) in [5, 5.41) is 2.16. The van der Waals surface area contributed by atoms with Crippen LogP contribution in [0.5, 0.6) is 17.2 Å². The number of ketones is 1. The van der Waals surface area contributed by atoms with Crippen molar-refractivity contribution in [1.82, 2.24) is 38.2 Å². The van der Waals surface area contributed by atoms with E-state index in [2.05, 4.69) is 36.9 Å². The highest BCUT2D eigenvalue weighted by molar-refractivity contribution is 7.48. The number of anilines is 1. The van der Waals surface area contributed by atoms with Crippen LogP contribution in [0.3, 0.4) is 0 Å². The van der Waals surface area contributed by atoms with Gasteiger partial charge >= 0.3 is 33.8 Å². The van der Waals surface area contributed by atoms with E-state index in [-0.39, 0.29) is 85.0 Å². The highest BCUT2D eigenvalue weighted by Gasteiger charge is 2.56. The van der Waals surface area contributed by atoms with Crippen LogP contribution in [0.2, 0.25) is 18.1 Å². The van der Waals surface area contributed by atoms with Gasteiger partial charge < -0.3 is 70.4 Å². The lowest BCUT2D eigenvalue weighted by Crippen LogP contribution is -2.49. The summed E-state index contributed by atoms with van der Waals surface area (Å²) in [6.07, 6.45) is 7.96. The van der Waals surface area contributed by atoms with Crippen LogP contribution in [0.4, 0.5) is 5.95 Å². The number of amides is 1. The second-order valence-corrected chi connectivity index (χ2v) is 44.5. The number of Topliss-reactive ketones (excluding diaryl/α,β-unsaturated/α-hetero) is 1. The number of carbonyl (C=O) groups is 4. The summed E-state index contributed by atoms with van der Waals surface area (Å²) in [5.41, 5.74) is -2.63. The van der Waals surface area contributed by atoms with Gasteiger partial charge in [-0.1, -0.05) is 192 Å². The van der Waals surface area contributed by atoms with Gasteiger partial charge in [-0.2, -0.15) is 9.55 Å². The molecule has 4 aromatic carbocycles. The van der Waals surface area contributed by atoms with Gasteiger partial charge in [-0.05, 0) is 123 Å². The molecule has 4 aromatic heterocycles. The Kier molecular flexibility index (Phi) is 39.7. The zero-order chi connectivity index (χ0) is 99.6. The van der Waals surface area contributed by atoms with Crippen molar-refractivity contribution in [3.8, 4) is 17.2 Å². The molecule has 5 unspecified atom stereocenters. The Morgan fingerprint density at radius 1 is 0.645 bits per heavy atom. The fourth-order valence-electron chi connectivity index (χ4n) is 16.4. The largest absolute Gasteiger partial charge is 0.497 e. The van der Waals surface area contributed by atoms with Crippen molar-refractivity contribution in [1.29, 1.82) is 0 Å². The molecule has 138 heavy (non-hydrogen) atoms. The van der Waals surface area contributed by atoms with Crippen LogP contribution in [0.25, 0.3) is 20.9 Å². The van der Waals surface area contributed by atoms with E-state index in [1.165, 1.54) is 127 Å². The third-order valence-electron chi connectivity index (χ3n) is 25.4. The van der Waals surface area contributed by atoms with Crippen LogP contribution in [0.15, 0.2) is 134 Å². The summed E-state index contributed by atoms with van der Waals surface area (Å²) < 4.78 is 119. The summed E-state index contributed by atoms with van der Waals surface area (Å²) in [6, 6.07) is 27.3. The summed E-state index contributed by atoms with van der Waals surface area (Å²) in [5.74, 6) is -1.81. The SMILES string of the molecule is [C-]#[N+]CCOP(OC[C@H]1O[C@@H](n2cc(C)c(=O)[nH]c2=O)CC1OP(=O)(OCC[N+]#[C-])OC[C@H]1O[C@@H](n2cc(C)c(=O)n(C(=O)c3cc(C)c(C)c(OCCCCCCCCCCCCCCCCCC)c3)c2=O)CC1OC(=O)CCC(C)=O)OC1[C@@H](COC(c2ccccc2)(c2ccc(OC)cc2)c2ccc(OC)cc2)O[C@@H](n2cnc3c(=O)[nH]c(NC(=O)C(C)C)nc32)[C@H]1O[Si](C)(C)C(C)(C)C. The first-order chi connectivity index (χ1) is 66.0. The minimum atomic E-state index is -5.19. The number of aromatic nitrogens is 8. The summed E-state index contributed by atoms with van der Waals surface area (Å²) >= 11 is 0. The molecule has 3 aliphatic rings. The predicted octanol–water partition coefficient (Wildman–Crippen LogP) is 17.0. The monoisotopic (exact) mass is 1970 g/mol. The number of nitrogens with one attached hydrogen (secondary N) is 3. The number of hydrogen-bond donors (Lipinski definition) is 3. The van der Waals surface area contributed by atoms with Gasteiger partial charge in [0.2, 0.25) is 24.9 Å². The van der Waals surface area contributed by atoms with Crippen LogP contribution >= 0.6 is 16.4 Å². The second kappa shape index (κ2) is 50.7. The number of fused-ring (bicyclic) bond motifs is 1. The van der Waals surface area contributed by atoms with Crippen molar-refractivity contribution in [3.05, 3.63) is 229 Å². The van der Waals surface area contributed by atoms with Crippen molar-refractivity contribution in [3.63, 3.8) is 0 Å². The molecule has 0 radical (unpaired) electrons. The van der Waals surface area contributed by atoms with Gasteiger partial charge in [-0.25, -0.2) is 32.3 Å². The highest BCUT2D eigenvalue weighted by atomic mass is 31.2. The first kappa shape index (κ1) is 108. The number of rotatable bonds is 54. The third kappa shape index (κ3) is 28.1. The van der Waals surface area contributed by atoms with Crippen LogP contribution in [0, 0.1) is 46.8 Å². The lowest BCUT2D eigenvalue weighted by Gasteiger charge is -2.41. The fraction of sp³-hybridized carbons (Fsp3) is 0.566. The molecule has 3 aliphatic heterocycles. The van der Waals surface area contributed by atoms with E-state index in [1.807, 2.05) is 95.4 Å². The van der Waals surface area contributed by atoms with Gasteiger partial charge in [0.05, 0.1) is 53.4 Å². The number of methoxy groups -OCH3 is 2. The molecular weight excluding hydrogens is 1830 g/mol. The molecular formula is C99H133N11O25P2Si. The number of hydrogen-bond acceptors (Lipinski definition) is 27. The summed E-state index contributed by atoms with van der Waals surface area (Å²) in [6.45, 7) is 36.2. The molecule has 7 heterocycles. The van der Waals surface area contributed by atoms with E-state index in [4.69, 9.17) is 87.6 Å². The predicted molar refractivity (Wildman–Crippen MR) is 520 cm³/mol. The standard InChI is InChI=1S/C99H133N11O25P2Si/c1-18-19-20-21-22-23-24-25-26-27-28-29-30-31-32-36-51-123-76-55-70(54-65(4)69(76)8)93(117)110-92(116)67(6)59-108(97(110)119)83-56-77(131-84(112)48-39-68(7)111)80(130-83)62-128-137(120,127-53-50-101-13)134-78-57-82(107-58-66(5)90(114)106-96(107)118)129-79(78)61-126-136(125-52-49-100-12)133-86-81(60-124-99(71-37-34-33-35-38-71,72-40-44-74(121-14)45-41-72)73-42-46-75(122-15)47-43-73)132-94(87(86)135-138(16,17)98(9,10)11)109-63-102-85-88(109)103-95(105-91(85)115)104-89(113)64(2)3/h33-35,37-38,40-47,54-55,58-59,63-64,77-83,86-87,94H,18-32,36,39,48-53,56-57,60-62H2,1-11,14-17H3,(H,106,114,118)(H2,103,104,105,113,115)/t77?,78?,79-,80-,81-,82-,83-,86?,87+,94-,136?,137?/m1/s1. The Morgan fingerprint density at radius 3 is 1.82 bits per heavy atom. The van der Waals surface area contributed by atoms with E-state index in [1.54, 1.807) is 65.3 Å². The minimum Gasteiger partial charge on any atom is -0.497 e. The Bertz CT molecular complexity index is 5840. The minimum absolute atomic E-state index is 0.0106. The molecule has 0 bridgehead atoms. The molecule has 36 nitrogen and oxygen atoms in total. The molecule has 39 heteroatoms. The number of nitrogens with zero attached hydrogens (tertiary/aromatic N) is 8. The van der Waals surface area contributed by atoms with Gasteiger partial charge in [0.1, 0.15) is 97.0 Å². The van der Waals surface area contributed by atoms with Crippen molar-refractivity contribution in [2.24, 2.45) is 5.92 Å². The Morgan fingerprint density at radius 2 is 1.22 bits per heavy atom. The molecule has 3 fully saturated rings. The molecule has 0 aliphatic carbocycles. The van der Waals surface area contributed by atoms with Gasteiger partial charge in [0.15, 0.2) is 25.7 Å². The number of benzene rings is 4. The third-order valence-corrected chi connectivity index (χ3v) is 32.5. The number of H-pyrrole nitrogens is 2. The Balaban J connectivity index is 0.906. The molecule has 3 saturated heterocycles. The van der Waals surface area contributed by atoms with Gasteiger partial charge in [-0.3, -0.25) is 71.3 Å². The molecule has 748 valence electrons. The highest BCUT2D eigenvalue weighted by Crippen LogP contribution is 2.56. The maximum atomic E-state index is 16.0. The van der Waals surface area contributed by atoms with E-state index >= 15 is 9.36 Å². The van der Waals surface area contributed by atoms with Crippen molar-refractivity contribution in [2.45, 2.75) is 290 Å². The number of phosphoric acid groups is 1. The lowest BCUT2D eigenvalue weighted by atomic mass is 9.80. The molecule has 11 rings (SSSR count). The number of aromatic amines is 2. The maximum Gasteiger partial charge on any atom is 0.475 e. The smallest absolute Gasteiger partial charge is 0.475 e. The molecule has 12 atom stereocenters. The van der Waals surface area contributed by atoms with E-state index in [9.17, 15) is 38.4 Å². The Labute approximate surface area is 806 Å². The number of aryl methyl sites for hydroxylation is 3. The topological polar surface area (TPSA) is 407 Å². The Hall–Kier alpha value is -10.3. The van der Waals surface area contributed by atoms with Crippen LogP contribution in [-0.2, 0) is 79.8 Å². The average molecular weight is 1970 g/mol. The molecule has 1 amide bonds. The maximum absolute atomic E-state index is 16.0. The number of phosphoric ester groups is 1. The normalized spacial score (nSPS) is 19.6. The van der Waals surface area contributed by atoms with Crippen molar-refractivity contribution >= 4 is 65.4 Å². The average Bonchev–Trinajstić information content (AvgIpc) is 1.30. The van der Waals surface area contributed by atoms with E-state index in [0.717, 1.165) is 40.4 Å². The second-order valence-electron chi connectivity index (χ2n) is 37.0. The zero-order valence-corrected chi connectivity index (χ0v) is 84.5. The van der Waals surface area contributed by atoms with E-state index < -0.39 is 175 Å². The van der Waals surface area contributed by atoms with Gasteiger partial charge in [0, 0.05) is 54.3 Å². The fourth-order valence-corrected chi connectivity index (χ4v) is 20.2. The zero-order valence-electron chi connectivity index (χ0n) is 81.7. The molecule has 8 aromatic rings. The quantitative estimate of drug-likeness (QED) is 0.00796. The summed E-state index contributed by atoms with van der Waals surface area (Å²) in [4.78, 5) is 146. The van der Waals surface area contributed by atoms with E-state index in [0.29, 0.717) is 50.7 Å². The van der Waals surface area contributed by atoms with Crippen LogP contribution in [-0.4, -0.2) is 180 Å².